The number of nitrogens with one attached hydrogen (secondary N) is 1. The highest BCUT2D eigenvalue weighted by molar-refractivity contribution is 5.84. The second-order valence-electron chi connectivity index (χ2n) is 7.93. The standard InChI is InChI=1S/C21H23N7O5/c22-12(5-10-6-24-13-4-2-1-3-11(10)13)21(31)32-7-14-16(29)17(30)20(33-14)28-9-27-15-18(23)25-8-26-19(15)28/h1-4,6,8-9,12,14,16-17,20,24,29-30H,5,7,22H2,(H2,23,25,26)/t12-,14+,16+,17+,20+/m0/s1. The third-order valence-electron chi connectivity index (χ3n) is 5.81. The lowest BCUT2D eigenvalue weighted by Gasteiger charge is -2.17. The molecule has 33 heavy (non-hydrogen) atoms. The van der Waals surface area contributed by atoms with Gasteiger partial charge in [-0.3, -0.25) is 9.36 Å². The molecule has 3 aromatic heterocycles. The Balaban J connectivity index is 1.23. The van der Waals surface area contributed by atoms with Gasteiger partial charge in [0.15, 0.2) is 17.7 Å². The van der Waals surface area contributed by atoms with Crippen molar-refractivity contribution in [3.8, 4) is 0 Å². The summed E-state index contributed by atoms with van der Waals surface area (Å²) >= 11 is 0. The summed E-state index contributed by atoms with van der Waals surface area (Å²) < 4.78 is 12.5. The van der Waals surface area contributed by atoms with Crippen LogP contribution in [0.1, 0.15) is 11.8 Å². The molecule has 4 aromatic rings. The Labute approximate surface area is 187 Å². The number of hydrogen-bond acceptors (Lipinski definition) is 10. The highest BCUT2D eigenvalue weighted by Crippen LogP contribution is 2.32. The van der Waals surface area contributed by atoms with Gasteiger partial charge < -0.3 is 36.1 Å². The van der Waals surface area contributed by atoms with Crippen molar-refractivity contribution in [1.82, 2.24) is 24.5 Å². The number of benzene rings is 1. The molecular formula is C21H23N7O5. The first kappa shape index (κ1) is 21.3. The third kappa shape index (κ3) is 3.78. The number of aromatic amines is 1. The largest absolute Gasteiger partial charge is 0.462 e. The molecule has 7 N–H and O–H groups in total. The number of H-pyrrole nitrogens is 1. The number of aromatic nitrogens is 5. The first-order valence-electron chi connectivity index (χ1n) is 10.4. The summed E-state index contributed by atoms with van der Waals surface area (Å²) in [5, 5.41) is 21.9. The molecule has 0 radical (unpaired) electrons. The fourth-order valence-electron chi connectivity index (χ4n) is 4.04. The number of para-hydroxylation sites is 1. The number of aliphatic hydroxyl groups is 2. The van der Waals surface area contributed by atoms with E-state index in [4.69, 9.17) is 20.9 Å². The zero-order chi connectivity index (χ0) is 23.1. The smallest absolute Gasteiger partial charge is 0.323 e. The summed E-state index contributed by atoms with van der Waals surface area (Å²) in [7, 11) is 0. The summed E-state index contributed by atoms with van der Waals surface area (Å²) in [6, 6.07) is 6.81. The van der Waals surface area contributed by atoms with Gasteiger partial charge in [0, 0.05) is 23.5 Å². The number of hydrogen-bond donors (Lipinski definition) is 5. The van der Waals surface area contributed by atoms with Crippen molar-refractivity contribution in [3.63, 3.8) is 0 Å². The monoisotopic (exact) mass is 453 g/mol. The fourth-order valence-corrected chi connectivity index (χ4v) is 4.04. The van der Waals surface area contributed by atoms with Gasteiger partial charge in [0.2, 0.25) is 0 Å². The molecule has 5 atom stereocenters. The van der Waals surface area contributed by atoms with Crippen LogP contribution in [-0.4, -0.2) is 71.6 Å². The number of fused-ring (bicyclic) bond motifs is 2. The van der Waals surface area contributed by atoms with E-state index >= 15 is 0 Å². The molecule has 1 saturated heterocycles. The van der Waals surface area contributed by atoms with Gasteiger partial charge in [0.05, 0.1) is 6.33 Å². The summed E-state index contributed by atoms with van der Waals surface area (Å²) in [5.41, 5.74) is 14.4. The number of aliphatic hydroxyl groups excluding tert-OH is 2. The Bertz CT molecular complexity index is 1300. The van der Waals surface area contributed by atoms with Crippen LogP contribution >= 0.6 is 0 Å². The Kier molecular flexibility index (Phi) is 5.42. The number of imidazole rings is 1. The van der Waals surface area contributed by atoms with E-state index in [-0.39, 0.29) is 18.8 Å². The number of nitrogens with zero attached hydrogens (tertiary/aromatic N) is 4. The molecule has 0 unspecified atom stereocenters. The Hall–Kier alpha value is -3.58. The highest BCUT2D eigenvalue weighted by atomic mass is 16.6. The summed E-state index contributed by atoms with van der Waals surface area (Å²) in [6.45, 7) is -0.279. The number of carbonyl (C=O) groups is 1. The fraction of sp³-hybridized carbons (Fsp3) is 0.333. The molecule has 0 bridgehead atoms. The van der Waals surface area contributed by atoms with Crippen LogP contribution in [0.15, 0.2) is 43.1 Å². The first-order chi connectivity index (χ1) is 15.9. The SMILES string of the molecule is Nc1ncnc2c1ncn2[C@@H]1O[C@H](COC(=O)[C@@H](N)Cc2c[nH]c3ccccc23)[C@@H](O)[C@H]1O. The van der Waals surface area contributed by atoms with Crippen molar-refractivity contribution in [3.05, 3.63) is 48.7 Å². The van der Waals surface area contributed by atoms with E-state index < -0.39 is 36.6 Å². The van der Waals surface area contributed by atoms with Crippen molar-refractivity contribution in [2.24, 2.45) is 5.73 Å². The molecule has 1 aliphatic heterocycles. The van der Waals surface area contributed by atoms with E-state index in [9.17, 15) is 15.0 Å². The predicted octanol–water partition coefficient (Wildman–Crippen LogP) is -0.378. The second-order valence-corrected chi connectivity index (χ2v) is 7.93. The van der Waals surface area contributed by atoms with Crippen molar-refractivity contribution in [1.29, 1.82) is 0 Å². The Morgan fingerprint density at radius 1 is 1.24 bits per heavy atom. The molecule has 0 amide bonds. The van der Waals surface area contributed by atoms with E-state index in [1.165, 1.54) is 17.2 Å². The van der Waals surface area contributed by atoms with Gasteiger partial charge in [-0.1, -0.05) is 18.2 Å². The maximum absolute atomic E-state index is 12.5. The topological polar surface area (TPSA) is 187 Å². The zero-order valence-corrected chi connectivity index (χ0v) is 17.4. The van der Waals surface area contributed by atoms with E-state index in [0.717, 1.165) is 16.5 Å². The van der Waals surface area contributed by atoms with Gasteiger partial charge in [-0.2, -0.15) is 0 Å². The number of nitrogen functional groups attached to an aromatic ring is 1. The maximum Gasteiger partial charge on any atom is 0.323 e. The van der Waals surface area contributed by atoms with Crippen molar-refractivity contribution in [2.45, 2.75) is 37.0 Å². The molecule has 1 aromatic carbocycles. The summed E-state index contributed by atoms with van der Waals surface area (Å²) in [5.74, 6) is -0.455. The number of carbonyl (C=O) groups excluding carboxylic acids is 1. The highest BCUT2D eigenvalue weighted by Gasteiger charge is 2.45. The van der Waals surface area contributed by atoms with Crippen molar-refractivity contribution in [2.75, 3.05) is 12.3 Å². The van der Waals surface area contributed by atoms with Crippen LogP contribution in [0.2, 0.25) is 0 Å². The molecule has 0 aliphatic carbocycles. The lowest BCUT2D eigenvalue weighted by atomic mass is 10.1. The van der Waals surface area contributed by atoms with E-state index in [1.54, 1.807) is 0 Å². The van der Waals surface area contributed by atoms with E-state index in [2.05, 4.69) is 19.9 Å². The minimum absolute atomic E-state index is 0.182. The molecule has 0 spiro atoms. The molecule has 172 valence electrons. The molecule has 12 nitrogen and oxygen atoms in total. The van der Waals surface area contributed by atoms with Gasteiger partial charge in [-0.05, 0) is 11.6 Å². The molecular weight excluding hydrogens is 430 g/mol. The minimum atomic E-state index is -1.30. The number of rotatable bonds is 6. The van der Waals surface area contributed by atoms with Gasteiger partial charge in [-0.25, -0.2) is 15.0 Å². The first-order valence-corrected chi connectivity index (χ1v) is 10.4. The van der Waals surface area contributed by atoms with Crippen molar-refractivity contribution >= 4 is 33.9 Å². The average Bonchev–Trinajstić information content (AvgIpc) is 3.50. The second kappa shape index (κ2) is 8.41. The minimum Gasteiger partial charge on any atom is -0.462 e. The molecule has 12 heteroatoms. The van der Waals surface area contributed by atoms with Gasteiger partial charge in [-0.15, -0.1) is 0 Å². The Morgan fingerprint density at radius 3 is 2.91 bits per heavy atom. The molecule has 1 fully saturated rings. The van der Waals surface area contributed by atoms with Crippen molar-refractivity contribution < 1.29 is 24.5 Å². The van der Waals surface area contributed by atoms with Gasteiger partial charge in [0.25, 0.3) is 0 Å². The van der Waals surface area contributed by atoms with E-state index in [1.807, 2.05) is 30.5 Å². The molecule has 5 rings (SSSR count). The number of anilines is 1. The van der Waals surface area contributed by atoms with Crippen LogP contribution in [0.4, 0.5) is 5.82 Å². The number of ether oxygens (including phenoxy) is 2. The molecule has 1 aliphatic rings. The lowest BCUT2D eigenvalue weighted by molar-refractivity contribution is -0.151. The van der Waals surface area contributed by atoms with Crippen LogP contribution in [0.25, 0.3) is 22.1 Å². The number of nitrogens with two attached hydrogens (primary N) is 2. The third-order valence-corrected chi connectivity index (χ3v) is 5.81. The van der Waals surface area contributed by atoms with Crippen LogP contribution in [0.3, 0.4) is 0 Å². The van der Waals surface area contributed by atoms with Crippen LogP contribution in [-0.2, 0) is 20.7 Å². The summed E-state index contributed by atoms with van der Waals surface area (Å²) in [4.78, 5) is 27.7. The lowest BCUT2D eigenvalue weighted by Crippen LogP contribution is -2.38. The normalized spacial score (nSPS) is 23.8. The van der Waals surface area contributed by atoms with Crippen LogP contribution < -0.4 is 11.5 Å². The van der Waals surface area contributed by atoms with Gasteiger partial charge >= 0.3 is 5.97 Å². The van der Waals surface area contributed by atoms with E-state index in [0.29, 0.717) is 11.2 Å². The van der Waals surface area contributed by atoms with Crippen LogP contribution in [0.5, 0.6) is 0 Å². The predicted molar refractivity (Wildman–Crippen MR) is 117 cm³/mol. The van der Waals surface area contributed by atoms with Crippen LogP contribution in [0, 0.1) is 0 Å². The maximum atomic E-state index is 12.5. The quantitative estimate of drug-likeness (QED) is 0.241. The molecule has 4 heterocycles. The van der Waals surface area contributed by atoms with Gasteiger partial charge in [0.1, 0.15) is 42.8 Å². The molecule has 0 saturated carbocycles. The zero-order valence-electron chi connectivity index (χ0n) is 17.4. The number of esters is 1. The summed E-state index contributed by atoms with van der Waals surface area (Å²) in [6.07, 6.45) is 0.183. The Morgan fingerprint density at radius 2 is 2.06 bits per heavy atom. The average molecular weight is 453 g/mol.